The molecule has 0 saturated heterocycles. The first kappa shape index (κ1) is 3.91. The lowest BCUT2D eigenvalue weighted by Gasteiger charge is -1.65. The molecule has 0 aromatic carbocycles. The van der Waals surface area contributed by atoms with Crippen molar-refractivity contribution in [1.82, 2.24) is 0 Å². The summed E-state index contributed by atoms with van der Waals surface area (Å²) < 4.78 is 0. The third-order valence-electron chi connectivity index (χ3n) is 1.81. The van der Waals surface area contributed by atoms with E-state index in [0.29, 0.717) is 0 Å². The molecule has 1 aliphatic carbocycles. The molecule has 1 fully saturated rings. The topological polar surface area (TPSA) is 0 Å². The highest BCUT2D eigenvalue weighted by molar-refractivity contribution is 5.22. The zero-order valence-corrected chi connectivity index (χ0v) is 4.36. The van der Waals surface area contributed by atoms with Gasteiger partial charge in [-0.15, -0.1) is 0 Å². The maximum atomic E-state index is 3.83. The summed E-state index contributed by atoms with van der Waals surface area (Å²) in [5.41, 5.74) is 1.43. The van der Waals surface area contributed by atoms with Crippen molar-refractivity contribution < 1.29 is 0 Å². The summed E-state index contributed by atoms with van der Waals surface area (Å²) >= 11 is 0. The standard InChI is InChI=1S/C6H10/c1-4-5(2)6(4)3/h5-6H,1H2,2-3H3/t5-,6-/m1/s1. The lowest BCUT2D eigenvalue weighted by molar-refractivity contribution is 0.834. The quantitative estimate of drug-likeness (QED) is 0.391. The van der Waals surface area contributed by atoms with Crippen molar-refractivity contribution in [2.75, 3.05) is 0 Å². The van der Waals surface area contributed by atoms with E-state index in [1.807, 2.05) is 0 Å². The minimum atomic E-state index is 0.824. The second kappa shape index (κ2) is 0.868. The van der Waals surface area contributed by atoms with Crippen LogP contribution in [0.5, 0.6) is 0 Å². The van der Waals surface area contributed by atoms with Crippen LogP contribution in [-0.2, 0) is 0 Å². The molecule has 0 unspecified atom stereocenters. The molecule has 6 heavy (non-hydrogen) atoms. The third-order valence-corrected chi connectivity index (χ3v) is 1.81. The van der Waals surface area contributed by atoms with Crippen molar-refractivity contribution in [3.05, 3.63) is 12.2 Å². The second-order valence-electron chi connectivity index (χ2n) is 2.15. The highest BCUT2D eigenvalue weighted by Gasteiger charge is 2.32. The Hall–Kier alpha value is -0.260. The summed E-state index contributed by atoms with van der Waals surface area (Å²) in [6, 6.07) is 0. The molecular formula is C6H10. The van der Waals surface area contributed by atoms with Crippen LogP contribution < -0.4 is 0 Å². The molecule has 0 aromatic rings. The van der Waals surface area contributed by atoms with Crippen LogP contribution in [0.15, 0.2) is 12.2 Å². The van der Waals surface area contributed by atoms with Crippen LogP contribution in [0.2, 0.25) is 0 Å². The molecule has 34 valence electrons. The Labute approximate surface area is 38.9 Å². The average molecular weight is 82.1 g/mol. The zero-order chi connectivity index (χ0) is 4.73. The third kappa shape index (κ3) is 0.296. The molecule has 0 heteroatoms. The van der Waals surface area contributed by atoms with Crippen LogP contribution in [0.1, 0.15) is 13.8 Å². The monoisotopic (exact) mass is 82.1 g/mol. The minimum absolute atomic E-state index is 0.824. The Balaban J connectivity index is 2.51. The fourth-order valence-corrected chi connectivity index (χ4v) is 0.654. The Morgan fingerprint density at radius 2 is 1.50 bits per heavy atom. The highest BCUT2D eigenvalue weighted by Crippen LogP contribution is 2.42. The van der Waals surface area contributed by atoms with Crippen molar-refractivity contribution in [3.63, 3.8) is 0 Å². The van der Waals surface area contributed by atoms with E-state index in [2.05, 4.69) is 20.4 Å². The van der Waals surface area contributed by atoms with E-state index in [9.17, 15) is 0 Å². The van der Waals surface area contributed by atoms with Gasteiger partial charge in [0, 0.05) is 0 Å². The summed E-state index contributed by atoms with van der Waals surface area (Å²) in [7, 11) is 0. The predicted molar refractivity (Wildman–Crippen MR) is 27.5 cm³/mol. The van der Waals surface area contributed by atoms with Gasteiger partial charge in [0.25, 0.3) is 0 Å². The fraction of sp³-hybridized carbons (Fsp3) is 0.667. The van der Waals surface area contributed by atoms with Gasteiger partial charge in [0.2, 0.25) is 0 Å². The van der Waals surface area contributed by atoms with Crippen LogP contribution in [-0.4, -0.2) is 0 Å². The summed E-state index contributed by atoms with van der Waals surface area (Å²) in [4.78, 5) is 0. The van der Waals surface area contributed by atoms with Gasteiger partial charge in [0.1, 0.15) is 0 Å². The normalized spacial score (nSPS) is 43.3. The Morgan fingerprint density at radius 3 is 1.50 bits per heavy atom. The van der Waals surface area contributed by atoms with Gasteiger partial charge in [0.05, 0.1) is 0 Å². The number of rotatable bonds is 0. The van der Waals surface area contributed by atoms with Gasteiger partial charge in [-0.3, -0.25) is 0 Å². The summed E-state index contributed by atoms with van der Waals surface area (Å²) in [5.74, 6) is 1.65. The molecule has 2 atom stereocenters. The highest BCUT2D eigenvalue weighted by atomic mass is 14.4. The smallest absolute Gasteiger partial charge is 0.0168 e. The van der Waals surface area contributed by atoms with Crippen LogP contribution in [0.25, 0.3) is 0 Å². The molecule has 0 aromatic heterocycles. The fourth-order valence-electron chi connectivity index (χ4n) is 0.654. The van der Waals surface area contributed by atoms with Gasteiger partial charge in [-0.1, -0.05) is 26.0 Å². The van der Waals surface area contributed by atoms with Gasteiger partial charge >= 0.3 is 0 Å². The van der Waals surface area contributed by atoms with E-state index in [4.69, 9.17) is 0 Å². The van der Waals surface area contributed by atoms with Crippen molar-refractivity contribution in [2.24, 2.45) is 11.8 Å². The molecule has 1 aliphatic rings. The molecule has 0 nitrogen and oxygen atoms in total. The van der Waals surface area contributed by atoms with Crippen molar-refractivity contribution in [1.29, 1.82) is 0 Å². The van der Waals surface area contributed by atoms with Crippen LogP contribution >= 0.6 is 0 Å². The van der Waals surface area contributed by atoms with E-state index in [1.165, 1.54) is 5.57 Å². The lowest BCUT2D eigenvalue weighted by atomic mass is 10.4. The van der Waals surface area contributed by atoms with Gasteiger partial charge < -0.3 is 0 Å². The predicted octanol–water partition coefficient (Wildman–Crippen LogP) is 1.83. The Morgan fingerprint density at radius 1 is 1.33 bits per heavy atom. The molecular weight excluding hydrogens is 72.1 g/mol. The molecule has 1 rings (SSSR count). The molecule has 0 spiro atoms. The maximum absolute atomic E-state index is 3.83. The SMILES string of the molecule is C=C1[C@@H](C)[C@@H]1C. The number of hydrogen-bond acceptors (Lipinski definition) is 0. The number of hydrogen-bond donors (Lipinski definition) is 0. The Kier molecular flexibility index (Phi) is 0.566. The second-order valence-corrected chi connectivity index (χ2v) is 2.15. The molecule has 0 amide bonds. The van der Waals surface area contributed by atoms with Crippen LogP contribution in [0.3, 0.4) is 0 Å². The summed E-state index contributed by atoms with van der Waals surface area (Å²) in [5, 5.41) is 0. The molecule has 0 heterocycles. The molecule has 0 radical (unpaired) electrons. The molecule has 1 saturated carbocycles. The largest absolute Gasteiger partial charge is 0.0993 e. The van der Waals surface area contributed by atoms with Gasteiger partial charge in [-0.2, -0.15) is 0 Å². The zero-order valence-electron chi connectivity index (χ0n) is 4.36. The Bertz CT molecular complexity index is 72.0. The van der Waals surface area contributed by atoms with Gasteiger partial charge in [-0.05, 0) is 11.8 Å². The van der Waals surface area contributed by atoms with Gasteiger partial charge in [-0.25, -0.2) is 0 Å². The van der Waals surface area contributed by atoms with E-state index >= 15 is 0 Å². The van der Waals surface area contributed by atoms with Crippen molar-refractivity contribution >= 4 is 0 Å². The van der Waals surface area contributed by atoms with Crippen LogP contribution in [0, 0.1) is 11.8 Å². The minimum Gasteiger partial charge on any atom is -0.0993 e. The molecule has 0 N–H and O–H groups in total. The average Bonchev–Trinajstić information content (AvgIpc) is 1.94. The van der Waals surface area contributed by atoms with E-state index < -0.39 is 0 Å². The van der Waals surface area contributed by atoms with E-state index in [0.717, 1.165) is 11.8 Å². The van der Waals surface area contributed by atoms with Gasteiger partial charge in [0.15, 0.2) is 0 Å². The first-order valence-corrected chi connectivity index (χ1v) is 2.42. The summed E-state index contributed by atoms with van der Waals surface area (Å²) in [6.45, 7) is 8.26. The number of allylic oxidation sites excluding steroid dienone is 1. The van der Waals surface area contributed by atoms with E-state index in [1.54, 1.807) is 0 Å². The first-order valence-electron chi connectivity index (χ1n) is 2.42. The maximum Gasteiger partial charge on any atom is -0.0168 e. The first-order chi connectivity index (χ1) is 2.73. The van der Waals surface area contributed by atoms with Crippen LogP contribution in [0.4, 0.5) is 0 Å². The van der Waals surface area contributed by atoms with Crippen molar-refractivity contribution in [3.8, 4) is 0 Å². The summed E-state index contributed by atoms with van der Waals surface area (Å²) in [6.07, 6.45) is 0. The van der Waals surface area contributed by atoms with Crippen molar-refractivity contribution in [2.45, 2.75) is 13.8 Å². The lowest BCUT2D eigenvalue weighted by Crippen LogP contribution is -1.58. The molecule has 0 bridgehead atoms. The van der Waals surface area contributed by atoms with E-state index in [-0.39, 0.29) is 0 Å². The molecule has 0 aliphatic heterocycles.